The second kappa shape index (κ2) is 7.60. The maximum absolute atomic E-state index is 13.5. The van der Waals surface area contributed by atoms with E-state index in [1.165, 1.54) is 0 Å². The van der Waals surface area contributed by atoms with Gasteiger partial charge in [-0.25, -0.2) is 0 Å². The van der Waals surface area contributed by atoms with Crippen molar-refractivity contribution in [3.8, 4) is 0 Å². The molecule has 2 aromatic carbocycles. The molecule has 4 nitrogen and oxygen atoms in total. The first kappa shape index (κ1) is 18.4. The number of hydrogen-bond acceptors (Lipinski definition) is 3. The molecule has 28 heavy (non-hydrogen) atoms. The third kappa shape index (κ3) is 3.22. The van der Waals surface area contributed by atoms with E-state index in [1.807, 2.05) is 73.0 Å². The van der Waals surface area contributed by atoms with Gasteiger partial charge in [0.15, 0.2) is 0 Å². The predicted molar refractivity (Wildman–Crippen MR) is 111 cm³/mol. The fraction of sp³-hybridized carbons (Fsp3) is 0.217. The van der Waals surface area contributed by atoms with E-state index in [9.17, 15) is 9.59 Å². The van der Waals surface area contributed by atoms with Crippen LogP contribution in [-0.2, 0) is 4.79 Å². The molecule has 0 saturated carbocycles. The van der Waals surface area contributed by atoms with Gasteiger partial charge in [0, 0.05) is 17.5 Å². The summed E-state index contributed by atoms with van der Waals surface area (Å²) >= 11 is 1.57. The van der Waals surface area contributed by atoms with Crippen molar-refractivity contribution in [1.82, 2.24) is 10.2 Å². The first-order valence-electron chi connectivity index (χ1n) is 9.32. The van der Waals surface area contributed by atoms with E-state index < -0.39 is 5.92 Å². The van der Waals surface area contributed by atoms with E-state index in [1.54, 1.807) is 29.4 Å². The molecule has 0 saturated heterocycles. The van der Waals surface area contributed by atoms with Crippen LogP contribution >= 0.6 is 11.3 Å². The molecule has 0 fully saturated rings. The smallest absolute Gasteiger partial charge is 0.254 e. The number of hydrogen-bond donors (Lipinski definition) is 1. The molecule has 0 unspecified atom stereocenters. The average Bonchev–Trinajstić information content (AvgIpc) is 3.25. The van der Waals surface area contributed by atoms with Crippen molar-refractivity contribution in [3.05, 3.63) is 93.7 Å². The number of likely N-dealkylation sites (N-methyl/N-ethyl adjacent to an activating group) is 1. The summed E-state index contributed by atoms with van der Waals surface area (Å²) in [6.07, 6.45) is 0. The van der Waals surface area contributed by atoms with Crippen LogP contribution in [0, 0.1) is 0 Å². The second-order valence-electron chi connectivity index (χ2n) is 7.08. The highest BCUT2D eigenvalue weighted by molar-refractivity contribution is 7.10. The molecule has 142 valence electrons. The molecule has 1 N–H and O–H groups in total. The van der Waals surface area contributed by atoms with Crippen molar-refractivity contribution in [2.24, 2.45) is 0 Å². The summed E-state index contributed by atoms with van der Waals surface area (Å²) < 4.78 is 0. The first-order chi connectivity index (χ1) is 13.6. The Kier molecular flexibility index (Phi) is 5.01. The van der Waals surface area contributed by atoms with E-state index in [0.717, 1.165) is 16.0 Å². The lowest BCUT2D eigenvalue weighted by Crippen LogP contribution is -2.45. The van der Waals surface area contributed by atoms with E-state index in [4.69, 9.17) is 0 Å². The van der Waals surface area contributed by atoms with Gasteiger partial charge in [0.25, 0.3) is 5.91 Å². The molecular weight excluding hydrogens is 368 g/mol. The molecule has 3 aromatic rings. The maximum Gasteiger partial charge on any atom is 0.254 e. The lowest BCUT2D eigenvalue weighted by Gasteiger charge is -2.39. The van der Waals surface area contributed by atoms with Crippen LogP contribution in [0.1, 0.15) is 51.3 Å². The van der Waals surface area contributed by atoms with Crippen LogP contribution in [0.4, 0.5) is 0 Å². The van der Waals surface area contributed by atoms with Crippen LogP contribution in [0.2, 0.25) is 0 Å². The number of carbonyl (C=O) groups excluding carboxylic acids is 2. The summed E-state index contributed by atoms with van der Waals surface area (Å²) in [4.78, 5) is 29.1. The highest BCUT2D eigenvalue weighted by Crippen LogP contribution is 2.43. The van der Waals surface area contributed by atoms with Crippen molar-refractivity contribution >= 4 is 23.2 Å². The second-order valence-corrected chi connectivity index (χ2v) is 8.06. The number of amides is 2. The average molecular weight is 391 g/mol. The van der Waals surface area contributed by atoms with Crippen LogP contribution in [-0.4, -0.2) is 23.8 Å². The molecule has 0 bridgehead atoms. The van der Waals surface area contributed by atoms with Crippen molar-refractivity contribution < 1.29 is 9.59 Å². The van der Waals surface area contributed by atoms with Gasteiger partial charge in [-0.05, 0) is 35.6 Å². The van der Waals surface area contributed by atoms with Gasteiger partial charge >= 0.3 is 0 Å². The van der Waals surface area contributed by atoms with E-state index in [0.29, 0.717) is 5.56 Å². The number of rotatable bonds is 4. The molecule has 4 rings (SSSR count). The Bertz CT molecular complexity index is 985. The van der Waals surface area contributed by atoms with Gasteiger partial charge in [-0.3, -0.25) is 9.59 Å². The monoisotopic (exact) mass is 390 g/mol. The molecule has 1 aromatic heterocycles. The molecule has 2 amide bonds. The van der Waals surface area contributed by atoms with Gasteiger partial charge < -0.3 is 10.2 Å². The number of benzene rings is 2. The quantitative estimate of drug-likeness (QED) is 0.711. The van der Waals surface area contributed by atoms with E-state index in [2.05, 4.69) is 5.32 Å². The number of thiophene rings is 1. The zero-order valence-electron chi connectivity index (χ0n) is 15.8. The fourth-order valence-electron chi connectivity index (χ4n) is 3.90. The van der Waals surface area contributed by atoms with Crippen LogP contribution in [0.25, 0.3) is 0 Å². The highest BCUT2D eigenvalue weighted by atomic mass is 32.1. The molecular formula is C23H22N2O2S. The largest absolute Gasteiger partial charge is 0.349 e. The molecule has 1 aliphatic rings. The third-order valence-electron chi connectivity index (χ3n) is 5.36. The molecule has 0 aliphatic carbocycles. The topological polar surface area (TPSA) is 49.4 Å². The highest BCUT2D eigenvalue weighted by Gasteiger charge is 2.43. The Morgan fingerprint density at radius 1 is 1.04 bits per heavy atom. The fourth-order valence-corrected chi connectivity index (χ4v) is 4.81. The summed E-state index contributed by atoms with van der Waals surface area (Å²) in [5, 5.41) is 5.14. The minimum absolute atomic E-state index is 0.0471. The zero-order chi connectivity index (χ0) is 19.7. The normalized spacial score (nSPS) is 19.8. The van der Waals surface area contributed by atoms with Gasteiger partial charge in [0.1, 0.15) is 0 Å². The number of nitrogens with zero attached hydrogens (tertiary/aromatic N) is 1. The Labute approximate surface area is 168 Å². The summed E-state index contributed by atoms with van der Waals surface area (Å²) in [5.74, 6) is -0.570. The molecule has 1 aliphatic heterocycles. The third-order valence-corrected chi connectivity index (χ3v) is 6.30. The van der Waals surface area contributed by atoms with Crippen molar-refractivity contribution in [1.29, 1.82) is 0 Å². The summed E-state index contributed by atoms with van der Waals surface area (Å²) in [7, 11) is 1.78. The Hall–Kier alpha value is -2.92. The SMILES string of the molecule is C[C@H](NC(=O)[C@H]1c2ccccc2C(=O)N(C)[C@H]1c1cccs1)c1ccccc1. The Morgan fingerprint density at radius 2 is 1.75 bits per heavy atom. The van der Waals surface area contributed by atoms with Crippen molar-refractivity contribution in [2.75, 3.05) is 7.05 Å². The molecule has 0 radical (unpaired) electrons. The first-order valence-corrected chi connectivity index (χ1v) is 10.2. The predicted octanol–water partition coefficient (Wildman–Crippen LogP) is 4.54. The number of fused-ring (bicyclic) bond motifs is 1. The minimum Gasteiger partial charge on any atom is -0.349 e. The standard InChI is InChI=1S/C23H22N2O2S/c1-15(16-9-4-3-5-10-16)24-22(26)20-17-11-6-7-12-18(17)23(27)25(2)21(20)19-13-8-14-28-19/h3-15,20-21H,1-2H3,(H,24,26)/t15-,20-,21-/m0/s1. The van der Waals surface area contributed by atoms with Crippen LogP contribution in [0.3, 0.4) is 0 Å². The van der Waals surface area contributed by atoms with Gasteiger partial charge in [0.05, 0.1) is 18.0 Å². The number of nitrogens with one attached hydrogen (secondary N) is 1. The minimum atomic E-state index is -0.455. The zero-order valence-corrected chi connectivity index (χ0v) is 16.6. The molecule has 5 heteroatoms. The summed E-state index contributed by atoms with van der Waals surface area (Å²) in [6.45, 7) is 1.98. The van der Waals surface area contributed by atoms with E-state index >= 15 is 0 Å². The van der Waals surface area contributed by atoms with Crippen molar-refractivity contribution in [2.45, 2.75) is 24.9 Å². The van der Waals surface area contributed by atoms with Gasteiger partial charge in [-0.1, -0.05) is 54.6 Å². The van der Waals surface area contributed by atoms with Gasteiger partial charge in [0.2, 0.25) is 5.91 Å². The van der Waals surface area contributed by atoms with Crippen LogP contribution in [0.5, 0.6) is 0 Å². The lowest BCUT2D eigenvalue weighted by atomic mass is 9.81. The molecule has 2 heterocycles. The van der Waals surface area contributed by atoms with Gasteiger partial charge in [-0.2, -0.15) is 0 Å². The Morgan fingerprint density at radius 3 is 2.46 bits per heavy atom. The maximum atomic E-state index is 13.5. The summed E-state index contributed by atoms with van der Waals surface area (Å²) in [5.41, 5.74) is 2.45. The van der Waals surface area contributed by atoms with Crippen molar-refractivity contribution in [3.63, 3.8) is 0 Å². The molecule has 0 spiro atoms. The summed E-state index contributed by atoms with van der Waals surface area (Å²) in [6, 6.07) is 20.9. The Balaban J connectivity index is 1.73. The molecule has 3 atom stereocenters. The van der Waals surface area contributed by atoms with Gasteiger partial charge in [-0.15, -0.1) is 11.3 Å². The number of carbonyl (C=O) groups is 2. The lowest BCUT2D eigenvalue weighted by molar-refractivity contribution is -0.124. The van der Waals surface area contributed by atoms with Crippen LogP contribution in [0.15, 0.2) is 72.1 Å². The van der Waals surface area contributed by atoms with Crippen LogP contribution < -0.4 is 5.32 Å². The van der Waals surface area contributed by atoms with E-state index in [-0.39, 0.29) is 23.9 Å².